The molecule has 2 aromatic rings. The Labute approximate surface area is 161 Å². The highest BCUT2D eigenvalue weighted by Crippen LogP contribution is 2.20. The Bertz CT molecular complexity index is 769. The molecule has 0 aliphatic rings. The normalized spacial score (nSPS) is 11.3. The van der Waals surface area contributed by atoms with E-state index in [1.54, 1.807) is 12.1 Å². The summed E-state index contributed by atoms with van der Waals surface area (Å²) in [4.78, 5) is 27.1. The van der Waals surface area contributed by atoms with Crippen LogP contribution in [0.5, 0.6) is 6.01 Å². The molecule has 0 saturated heterocycles. The maximum atomic E-state index is 11.6. The minimum absolute atomic E-state index is 0.00122. The Morgan fingerprint density at radius 2 is 1.85 bits per heavy atom. The van der Waals surface area contributed by atoms with E-state index in [4.69, 9.17) is 4.74 Å². The van der Waals surface area contributed by atoms with Crippen molar-refractivity contribution in [2.75, 3.05) is 25.5 Å². The summed E-state index contributed by atoms with van der Waals surface area (Å²) >= 11 is 0. The Balaban J connectivity index is 2.20. The first-order chi connectivity index (χ1) is 12.8. The Hall–Kier alpha value is -2.54. The van der Waals surface area contributed by atoms with E-state index in [-0.39, 0.29) is 11.8 Å². The summed E-state index contributed by atoms with van der Waals surface area (Å²) in [6, 6.07) is 8.40. The number of aromatic nitrogens is 3. The van der Waals surface area contributed by atoms with Crippen molar-refractivity contribution in [3.63, 3.8) is 0 Å². The zero-order valence-electron chi connectivity index (χ0n) is 17.0. The zero-order valence-corrected chi connectivity index (χ0v) is 17.0. The highest BCUT2D eigenvalue weighted by Gasteiger charge is 2.14. The van der Waals surface area contributed by atoms with E-state index >= 15 is 0 Å². The Morgan fingerprint density at radius 3 is 2.44 bits per heavy atom. The number of ketones is 1. The van der Waals surface area contributed by atoms with Crippen molar-refractivity contribution in [1.82, 2.24) is 19.9 Å². The van der Waals surface area contributed by atoms with Crippen molar-refractivity contribution in [2.45, 2.75) is 46.7 Å². The van der Waals surface area contributed by atoms with Crippen LogP contribution in [-0.2, 0) is 0 Å². The molecule has 27 heavy (non-hydrogen) atoms. The predicted molar refractivity (Wildman–Crippen MR) is 107 cm³/mol. The maximum Gasteiger partial charge on any atom is 0.321 e. The number of nitrogens with zero attached hydrogens (tertiary/aromatic N) is 4. The smallest absolute Gasteiger partial charge is 0.321 e. The number of nitrogens with one attached hydrogen (secondary N) is 1. The molecule has 1 aromatic heterocycles. The van der Waals surface area contributed by atoms with E-state index in [1.807, 2.05) is 12.1 Å². The van der Waals surface area contributed by atoms with E-state index in [9.17, 15) is 4.79 Å². The molecule has 1 N–H and O–H groups in total. The minimum Gasteiger partial charge on any atom is -0.467 e. The van der Waals surface area contributed by atoms with E-state index < -0.39 is 0 Å². The van der Waals surface area contributed by atoms with Gasteiger partial charge in [-0.25, -0.2) is 0 Å². The van der Waals surface area contributed by atoms with Crippen LogP contribution in [-0.4, -0.2) is 57.9 Å². The monoisotopic (exact) mass is 371 g/mol. The highest BCUT2D eigenvalue weighted by atomic mass is 16.5. The summed E-state index contributed by atoms with van der Waals surface area (Å²) in [5.41, 5.74) is 1.36. The largest absolute Gasteiger partial charge is 0.467 e. The van der Waals surface area contributed by atoms with Gasteiger partial charge >= 0.3 is 6.01 Å². The topological polar surface area (TPSA) is 80.2 Å². The molecule has 0 aliphatic heterocycles. The first kappa shape index (κ1) is 20.8. The van der Waals surface area contributed by atoms with Crippen molar-refractivity contribution in [3.8, 4) is 17.4 Å². The van der Waals surface area contributed by atoms with Crippen LogP contribution in [0.4, 0.5) is 5.95 Å². The van der Waals surface area contributed by atoms with Crippen LogP contribution in [0.3, 0.4) is 0 Å². The molecule has 1 heterocycles. The summed E-state index contributed by atoms with van der Waals surface area (Å²) in [5.74, 6) is 0.924. The van der Waals surface area contributed by atoms with Gasteiger partial charge in [0.25, 0.3) is 0 Å². The first-order valence-corrected chi connectivity index (χ1v) is 9.23. The number of hydrogen-bond acceptors (Lipinski definition) is 7. The molecule has 1 aromatic carbocycles. The number of rotatable bonds is 9. The van der Waals surface area contributed by atoms with E-state index in [0.717, 1.165) is 12.1 Å². The third-order valence-corrected chi connectivity index (χ3v) is 4.30. The number of anilines is 1. The first-order valence-electron chi connectivity index (χ1n) is 9.23. The lowest BCUT2D eigenvalue weighted by Crippen LogP contribution is -2.40. The number of carbonyl (C=O) groups is 1. The minimum atomic E-state index is -0.00122. The van der Waals surface area contributed by atoms with Gasteiger partial charge in [-0.2, -0.15) is 15.0 Å². The van der Waals surface area contributed by atoms with Gasteiger partial charge in [0.15, 0.2) is 11.6 Å². The lowest BCUT2D eigenvalue weighted by molar-refractivity contribution is 0.101. The average Bonchev–Trinajstić information content (AvgIpc) is 2.64. The summed E-state index contributed by atoms with van der Waals surface area (Å²) < 4.78 is 5.22. The third-order valence-electron chi connectivity index (χ3n) is 4.30. The molecule has 0 fully saturated rings. The summed E-state index contributed by atoms with van der Waals surface area (Å²) in [5, 5.41) is 3.26. The van der Waals surface area contributed by atoms with E-state index in [0.29, 0.717) is 36.0 Å². The Kier molecular flexibility index (Phi) is 7.24. The number of carbonyl (C=O) groups excluding carboxylic acids is 1. The molecule has 0 atom stereocenters. The second-order valence-electron chi connectivity index (χ2n) is 6.96. The van der Waals surface area contributed by atoms with Crippen LogP contribution >= 0.6 is 0 Å². The van der Waals surface area contributed by atoms with Crippen LogP contribution in [0, 0.1) is 0 Å². The Morgan fingerprint density at radius 1 is 1.15 bits per heavy atom. The molecule has 0 bridgehead atoms. The summed E-state index contributed by atoms with van der Waals surface area (Å²) in [6.07, 6.45) is 0. The van der Waals surface area contributed by atoms with Crippen LogP contribution in [0.25, 0.3) is 11.4 Å². The van der Waals surface area contributed by atoms with Crippen molar-refractivity contribution in [1.29, 1.82) is 0 Å². The maximum absolute atomic E-state index is 11.6. The fourth-order valence-electron chi connectivity index (χ4n) is 2.94. The molecule has 0 aliphatic carbocycles. The molecule has 0 spiro atoms. The molecule has 0 radical (unpaired) electrons. The predicted octanol–water partition coefficient (Wildman–Crippen LogP) is 3.28. The number of methoxy groups -OCH3 is 1. The van der Waals surface area contributed by atoms with Gasteiger partial charge in [-0.3, -0.25) is 9.69 Å². The van der Waals surface area contributed by atoms with Crippen molar-refractivity contribution in [2.24, 2.45) is 0 Å². The molecule has 0 unspecified atom stereocenters. The molecule has 7 heteroatoms. The molecular formula is C20H29N5O2. The molecule has 0 amide bonds. The standard InChI is InChI=1S/C20H29N5O2/c1-13(2)25(14(3)4)11-10-21-19-22-18(23-20(24-19)27-6)17-9-7-8-16(12-17)15(5)26/h7-9,12-14H,10-11H2,1-6H3,(H,21,22,23,24). The van der Waals surface area contributed by atoms with Crippen LogP contribution in [0.15, 0.2) is 24.3 Å². The lowest BCUT2D eigenvalue weighted by Gasteiger charge is -2.30. The van der Waals surface area contributed by atoms with Crippen molar-refractivity contribution in [3.05, 3.63) is 29.8 Å². The quantitative estimate of drug-likeness (QED) is 0.678. The average molecular weight is 371 g/mol. The second kappa shape index (κ2) is 9.41. The van der Waals surface area contributed by atoms with Crippen molar-refractivity contribution < 1.29 is 9.53 Å². The molecular weight excluding hydrogens is 342 g/mol. The lowest BCUT2D eigenvalue weighted by atomic mass is 10.1. The summed E-state index contributed by atoms with van der Waals surface area (Å²) in [6.45, 7) is 11.9. The molecule has 0 saturated carbocycles. The van der Waals surface area contributed by atoms with Crippen molar-refractivity contribution >= 4 is 11.7 Å². The van der Waals surface area contributed by atoms with Gasteiger partial charge in [-0.05, 0) is 40.7 Å². The van der Waals surface area contributed by atoms with Gasteiger partial charge in [0.05, 0.1) is 7.11 Å². The van der Waals surface area contributed by atoms with Gasteiger partial charge in [-0.15, -0.1) is 0 Å². The fraction of sp³-hybridized carbons (Fsp3) is 0.500. The number of Topliss-reactive ketones (excluding diaryl/α,β-unsaturated/α-hetero) is 1. The third kappa shape index (κ3) is 5.72. The van der Waals surface area contributed by atoms with Crippen LogP contribution in [0.1, 0.15) is 45.0 Å². The van der Waals surface area contributed by atoms with Crippen LogP contribution < -0.4 is 10.1 Å². The van der Waals surface area contributed by atoms with E-state index in [1.165, 1.54) is 14.0 Å². The number of hydrogen-bond donors (Lipinski definition) is 1. The van der Waals surface area contributed by atoms with Gasteiger partial charge in [-0.1, -0.05) is 18.2 Å². The fourth-order valence-corrected chi connectivity index (χ4v) is 2.94. The van der Waals surface area contributed by atoms with Gasteiger partial charge in [0.1, 0.15) is 0 Å². The zero-order chi connectivity index (χ0) is 20.0. The van der Waals surface area contributed by atoms with Crippen LogP contribution in [0.2, 0.25) is 0 Å². The van der Waals surface area contributed by atoms with E-state index in [2.05, 4.69) is 52.9 Å². The second-order valence-corrected chi connectivity index (χ2v) is 6.96. The van der Waals surface area contributed by atoms with Gasteiger partial charge in [0.2, 0.25) is 5.95 Å². The molecule has 2 rings (SSSR count). The molecule has 146 valence electrons. The molecule has 7 nitrogen and oxygen atoms in total. The highest BCUT2D eigenvalue weighted by molar-refractivity contribution is 5.95. The summed E-state index contributed by atoms with van der Waals surface area (Å²) in [7, 11) is 1.52. The number of ether oxygens (including phenoxy) is 1. The number of benzene rings is 1. The SMILES string of the molecule is COc1nc(NCCN(C(C)C)C(C)C)nc(-c2cccc(C(C)=O)c2)n1. The van der Waals surface area contributed by atoms with Gasteiger partial charge in [0, 0.05) is 36.3 Å². The van der Waals surface area contributed by atoms with Gasteiger partial charge < -0.3 is 10.1 Å².